The lowest BCUT2D eigenvalue weighted by atomic mass is 10.1. The van der Waals surface area contributed by atoms with E-state index in [0.717, 1.165) is 0 Å². The van der Waals surface area contributed by atoms with Gasteiger partial charge in [0.2, 0.25) is 0 Å². The van der Waals surface area contributed by atoms with Gasteiger partial charge in [0.1, 0.15) is 24.4 Å². The van der Waals surface area contributed by atoms with Crippen molar-refractivity contribution in [2.24, 2.45) is 0 Å². The number of hydrogen-bond donors (Lipinski definition) is 0. The molecule has 0 N–H and O–H groups in total. The van der Waals surface area contributed by atoms with Crippen molar-refractivity contribution in [2.75, 3.05) is 6.61 Å². The third-order valence-corrected chi connectivity index (χ3v) is 4.89. The SMILES string of the molecule is CC1(C)O[C@H]2O[C@H]([C@H]3COC(C)(C)O3)[C@H](O[Si](C)(C)C)[C@H]2O1. The van der Waals surface area contributed by atoms with Crippen LogP contribution in [-0.4, -0.2) is 57.2 Å². The second-order valence-electron chi connectivity index (χ2n) is 8.13. The summed E-state index contributed by atoms with van der Waals surface area (Å²) in [4.78, 5) is 0. The van der Waals surface area contributed by atoms with Gasteiger partial charge in [-0.25, -0.2) is 0 Å². The molecule has 128 valence electrons. The normalized spacial score (nSPS) is 43.5. The van der Waals surface area contributed by atoms with E-state index in [2.05, 4.69) is 19.6 Å². The zero-order valence-corrected chi connectivity index (χ0v) is 15.5. The Bertz CT molecular complexity index is 432. The van der Waals surface area contributed by atoms with Crippen molar-refractivity contribution in [3.05, 3.63) is 0 Å². The van der Waals surface area contributed by atoms with Crippen molar-refractivity contribution >= 4 is 8.32 Å². The maximum Gasteiger partial charge on any atom is 0.190 e. The molecule has 6 nitrogen and oxygen atoms in total. The van der Waals surface area contributed by atoms with Gasteiger partial charge in [-0.3, -0.25) is 0 Å². The van der Waals surface area contributed by atoms with Crippen molar-refractivity contribution in [3.8, 4) is 0 Å². The first-order chi connectivity index (χ1) is 9.96. The molecule has 0 unspecified atom stereocenters. The molecule has 0 aromatic heterocycles. The van der Waals surface area contributed by atoms with Crippen LogP contribution < -0.4 is 0 Å². The Balaban J connectivity index is 1.78. The van der Waals surface area contributed by atoms with Gasteiger partial charge in [-0.05, 0) is 47.3 Å². The van der Waals surface area contributed by atoms with Crippen LogP contribution in [0.15, 0.2) is 0 Å². The summed E-state index contributed by atoms with van der Waals surface area (Å²) in [6, 6.07) is 0. The topological polar surface area (TPSA) is 55.4 Å². The van der Waals surface area contributed by atoms with Crippen LogP contribution in [0.25, 0.3) is 0 Å². The van der Waals surface area contributed by atoms with E-state index >= 15 is 0 Å². The molecular weight excluding hydrogens is 304 g/mol. The number of hydrogen-bond acceptors (Lipinski definition) is 6. The first-order valence-electron chi connectivity index (χ1n) is 7.97. The fourth-order valence-electron chi connectivity index (χ4n) is 3.22. The quantitative estimate of drug-likeness (QED) is 0.739. The molecule has 0 aliphatic carbocycles. The molecule has 0 amide bonds. The highest BCUT2D eigenvalue weighted by molar-refractivity contribution is 6.69. The molecule has 3 aliphatic rings. The third kappa shape index (κ3) is 3.40. The van der Waals surface area contributed by atoms with E-state index in [-0.39, 0.29) is 24.4 Å². The predicted molar refractivity (Wildman–Crippen MR) is 81.8 cm³/mol. The summed E-state index contributed by atoms with van der Waals surface area (Å²) in [5.74, 6) is -1.23. The lowest BCUT2D eigenvalue weighted by molar-refractivity contribution is -0.230. The van der Waals surface area contributed by atoms with E-state index in [1.807, 2.05) is 27.7 Å². The largest absolute Gasteiger partial charge is 0.409 e. The molecular formula is C15H28O6Si. The Morgan fingerprint density at radius 1 is 0.909 bits per heavy atom. The molecule has 3 heterocycles. The van der Waals surface area contributed by atoms with Crippen LogP contribution >= 0.6 is 0 Å². The highest BCUT2D eigenvalue weighted by Crippen LogP contribution is 2.42. The van der Waals surface area contributed by atoms with Gasteiger partial charge >= 0.3 is 0 Å². The van der Waals surface area contributed by atoms with Crippen LogP contribution in [0.5, 0.6) is 0 Å². The second kappa shape index (κ2) is 5.24. The van der Waals surface area contributed by atoms with Crippen molar-refractivity contribution in [3.63, 3.8) is 0 Å². The van der Waals surface area contributed by atoms with Gasteiger partial charge in [-0.1, -0.05) is 0 Å². The average Bonchev–Trinajstić information content (AvgIpc) is 2.89. The summed E-state index contributed by atoms with van der Waals surface area (Å²) >= 11 is 0. The smallest absolute Gasteiger partial charge is 0.190 e. The van der Waals surface area contributed by atoms with Gasteiger partial charge in [-0.15, -0.1) is 0 Å². The molecule has 3 fully saturated rings. The fraction of sp³-hybridized carbons (Fsp3) is 1.00. The summed E-state index contributed by atoms with van der Waals surface area (Å²) in [7, 11) is -1.77. The summed E-state index contributed by atoms with van der Waals surface area (Å²) in [5, 5.41) is 0. The van der Waals surface area contributed by atoms with Gasteiger partial charge in [-0.2, -0.15) is 0 Å². The van der Waals surface area contributed by atoms with Crippen LogP contribution in [0.4, 0.5) is 0 Å². The first-order valence-corrected chi connectivity index (χ1v) is 11.4. The van der Waals surface area contributed by atoms with Gasteiger partial charge in [0.15, 0.2) is 26.2 Å². The minimum atomic E-state index is -1.77. The maximum absolute atomic E-state index is 6.37. The average molecular weight is 332 g/mol. The summed E-state index contributed by atoms with van der Waals surface area (Å²) in [6.45, 7) is 14.6. The van der Waals surface area contributed by atoms with Crippen molar-refractivity contribution in [1.82, 2.24) is 0 Å². The first kappa shape index (κ1) is 16.8. The summed E-state index contributed by atoms with van der Waals surface area (Å²) < 4.78 is 36.0. The molecule has 22 heavy (non-hydrogen) atoms. The van der Waals surface area contributed by atoms with E-state index in [4.69, 9.17) is 28.1 Å². The Morgan fingerprint density at radius 3 is 2.14 bits per heavy atom. The fourth-order valence-corrected chi connectivity index (χ4v) is 4.31. The molecule has 0 spiro atoms. The van der Waals surface area contributed by atoms with Crippen LogP contribution in [0.2, 0.25) is 19.6 Å². The van der Waals surface area contributed by atoms with Crippen molar-refractivity contribution in [2.45, 2.75) is 89.6 Å². The Kier molecular flexibility index (Phi) is 4.01. The monoisotopic (exact) mass is 332 g/mol. The third-order valence-electron chi connectivity index (χ3n) is 3.91. The van der Waals surface area contributed by atoms with E-state index < -0.39 is 26.2 Å². The molecule has 0 radical (unpaired) electrons. The number of rotatable bonds is 3. The lowest BCUT2D eigenvalue weighted by Gasteiger charge is -2.32. The Morgan fingerprint density at radius 2 is 1.59 bits per heavy atom. The minimum absolute atomic E-state index is 0.169. The zero-order valence-electron chi connectivity index (χ0n) is 14.5. The van der Waals surface area contributed by atoms with E-state index in [1.54, 1.807) is 0 Å². The van der Waals surface area contributed by atoms with Crippen molar-refractivity contribution in [1.29, 1.82) is 0 Å². The predicted octanol–water partition coefficient (Wildman–Crippen LogP) is 2.23. The van der Waals surface area contributed by atoms with Crippen LogP contribution in [0, 0.1) is 0 Å². The summed E-state index contributed by atoms with van der Waals surface area (Å²) in [5.41, 5.74) is 0. The molecule has 0 aromatic carbocycles. The van der Waals surface area contributed by atoms with E-state index in [0.29, 0.717) is 6.61 Å². The molecule has 0 aromatic rings. The molecule has 0 saturated carbocycles. The van der Waals surface area contributed by atoms with Gasteiger partial charge in [0.05, 0.1) is 6.61 Å². The molecule has 3 aliphatic heterocycles. The second-order valence-corrected chi connectivity index (χ2v) is 12.6. The number of fused-ring (bicyclic) bond motifs is 1. The highest BCUT2D eigenvalue weighted by atomic mass is 28.4. The molecule has 3 rings (SSSR count). The van der Waals surface area contributed by atoms with Gasteiger partial charge in [0.25, 0.3) is 0 Å². The zero-order chi connectivity index (χ0) is 16.3. The minimum Gasteiger partial charge on any atom is -0.409 e. The molecule has 5 atom stereocenters. The van der Waals surface area contributed by atoms with E-state index in [9.17, 15) is 0 Å². The van der Waals surface area contributed by atoms with Crippen LogP contribution in [0.1, 0.15) is 27.7 Å². The van der Waals surface area contributed by atoms with Gasteiger partial charge in [0, 0.05) is 0 Å². The molecule has 0 bridgehead atoms. The van der Waals surface area contributed by atoms with Crippen LogP contribution in [-0.2, 0) is 28.1 Å². The maximum atomic E-state index is 6.37. The van der Waals surface area contributed by atoms with E-state index in [1.165, 1.54) is 0 Å². The Labute approximate surface area is 133 Å². The summed E-state index contributed by atoms with van der Waals surface area (Å²) in [6.07, 6.45) is -1.23. The van der Waals surface area contributed by atoms with Crippen LogP contribution in [0.3, 0.4) is 0 Å². The highest BCUT2D eigenvalue weighted by Gasteiger charge is 2.59. The van der Waals surface area contributed by atoms with Crippen molar-refractivity contribution < 1.29 is 28.1 Å². The standard InChI is InChI=1S/C15H28O6Si/c1-14(2)16-8-9(18-14)10-11(21-22(5,6)7)12-13(17-10)20-15(3,4)19-12/h9-13H,8H2,1-7H3/t9-,10-,11+,12-,13-/m1/s1. The Hall–Kier alpha value is -0.0231. The molecule has 7 heteroatoms. The number of ether oxygens (including phenoxy) is 5. The van der Waals surface area contributed by atoms with Gasteiger partial charge < -0.3 is 28.1 Å². The molecule has 3 saturated heterocycles. The lowest BCUT2D eigenvalue weighted by Crippen LogP contribution is -2.48.